The maximum Gasteiger partial charge on any atom is 0.245 e. The van der Waals surface area contributed by atoms with Gasteiger partial charge in [-0.15, -0.1) is 0 Å². The zero-order valence-corrected chi connectivity index (χ0v) is 8.62. The van der Waals surface area contributed by atoms with Gasteiger partial charge in [0, 0.05) is 12.6 Å². The molecule has 14 heavy (non-hydrogen) atoms. The van der Waals surface area contributed by atoms with E-state index >= 15 is 0 Å². The van der Waals surface area contributed by atoms with E-state index in [4.69, 9.17) is 5.73 Å². The normalized spacial score (nSPS) is 21.9. The number of carbonyl (C=O) groups excluding carboxylic acids is 2. The lowest BCUT2D eigenvalue weighted by atomic mass is 10.2. The summed E-state index contributed by atoms with van der Waals surface area (Å²) >= 11 is 0. The lowest BCUT2D eigenvalue weighted by Crippen LogP contribution is -2.45. The number of amides is 2. The van der Waals surface area contributed by atoms with Crippen molar-refractivity contribution in [3.63, 3.8) is 0 Å². The van der Waals surface area contributed by atoms with Gasteiger partial charge in [-0.2, -0.15) is 0 Å². The summed E-state index contributed by atoms with van der Waals surface area (Å²) in [6, 6.07) is -0.171. The molecule has 0 aromatic carbocycles. The fourth-order valence-electron chi connectivity index (χ4n) is 1.60. The van der Waals surface area contributed by atoms with Crippen molar-refractivity contribution in [2.45, 2.75) is 32.4 Å². The minimum Gasteiger partial charge on any atom is -0.343 e. The molecule has 1 aliphatic heterocycles. The van der Waals surface area contributed by atoms with Crippen LogP contribution < -0.4 is 11.1 Å². The number of hydrogen-bond donors (Lipinski definition) is 2. The van der Waals surface area contributed by atoms with Gasteiger partial charge in [0.05, 0.1) is 6.54 Å². The highest BCUT2D eigenvalue weighted by Gasteiger charge is 2.33. The van der Waals surface area contributed by atoms with Gasteiger partial charge in [-0.1, -0.05) is 0 Å². The third-order valence-electron chi connectivity index (χ3n) is 2.38. The highest BCUT2D eigenvalue weighted by atomic mass is 16.2. The van der Waals surface area contributed by atoms with Crippen molar-refractivity contribution in [3.05, 3.63) is 0 Å². The summed E-state index contributed by atoms with van der Waals surface area (Å²) in [6.07, 6.45) is 0.683. The van der Waals surface area contributed by atoms with Crippen LogP contribution >= 0.6 is 0 Å². The lowest BCUT2D eigenvalue weighted by molar-refractivity contribution is -0.133. The average Bonchev–Trinajstić information content (AvgIpc) is 2.48. The first-order chi connectivity index (χ1) is 6.56. The Kier molecular flexibility index (Phi) is 3.46. The third kappa shape index (κ3) is 2.23. The fraction of sp³-hybridized carbons (Fsp3) is 0.778. The molecule has 5 heteroatoms. The molecule has 1 saturated heterocycles. The number of nitrogens with one attached hydrogen (secondary N) is 1. The predicted molar refractivity (Wildman–Crippen MR) is 52.5 cm³/mol. The Bertz CT molecular complexity index is 240. The molecular formula is C9H17N3O2. The van der Waals surface area contributed by atoms with E-state index in [1.807, 2.05) is 13.8 Å². The highest BCUT2D eigenvalue weighted by molar-refractivity contribution is 5.89. The van der Waals surface area contributed by atoms with Crippen molar-refractivity contribution in [2.24, 2.45) is 5.73 Å². The second-order valence-electron chi connectivity index (χ2n) is 3.74. The van der Waals surface area contributed by atoms with Gasteiger partial charge in [-0.3, -0.25) is 9.59 Å². The number of rotatable bonds is 3. The average molecular weight is 199 g/mol. The van der Waals surface area contributed by atoms with Gasteiger partial charge in [-0.25, -0.2) is 0 Å². The molecular weight excluding hydrogens is 182 g/mol. The van der Waals surface area contributed by atoms with Gasteiger partial charge < -0.3 is 16.0 Å². The standard InChI is InChI=1S/C9H17N3O2/c1-6(2)12-4-3-7(9(12)14)11-8(13)5-10/h6-7H,3-5,10H2,1-2H3,(H,11,13). The SMILES string of the molecule is CC(C)N1CCC(NC(=O)CN)C1=O. The maximum atomic E-state index is 11.7. The van der Waals surface area contributed by atoms with Crippen LogP contribution in [0.2, 0.25) is 0 Å². The van der Waals surface area contributed by atoms with E-state index in [9.17, 15) is 9.59 Å². The van der Waals surface area contributed by atoms with Gasteiger partial charge in [0.25, 0.3) is 0 Å². The monoisotopic (exact) mass is 199 g/mol. The molecule has 0 radical (unpaired) electrons. The van der Waals surface area contributed by atoms with E-state index in [-0.39, 0.29) is 30.4 Å². The minimum absolute atomic E-state index is 0.00167. The number of nitrogens with zero attached hydrogens (tertiary/aromatic N) is 1. The maximum absolute atomic E-state index is 11.7. The van der Waals surface area contributed by atoms with Crippen LogP contribution in [0.15, 0.2) is 0 Å². The van der Waals surface area contributed by atoms with E-state index in [1.54, 1.807) is 4.90 Å². The smallest absolute Gasteiger partial charge is 0.245 e. The Labute approximate surface area is 83.6 Å². The Morgan fingerprint density at radius 2 is 2.36 bits per heavy atom. The van der Waals surface area contributed by atoms with Crippen molar-refractivity contribution in [1.29, 1.82) is 0 Å². The Morgan fingerprint density at radius 1 is 1.71 bits per heavy atom. The van der Waals surface area contributed by atoms with Crippen LogP contribution in [0.25, 0.3) is 0 Å². The Balaban J connectivity index is 2.51. The van der Waals surface area contributed by atoms with Crippen molar-refractivity contribution < 1.29 is 9.59 Å². The van der Waals surface area contributed by atoms with Crippen LogP contribution in [-0.4, -0.2) is 41.9 Å². The number of nitrogens with two attached hydrogens (primary N) is 1. The first-order valence-electron chi connectivity index (χ1n) is 4.86. The molecule has 3 N–H and O–H groups in total. The number of likely N-dealkylation sites (tertiary alicyclic amines) is 1. The van der Waals surface area contributed by atoms with Crippen LogP contribution in [0.5, 0.6) is 0 Å². The van der Waals surface area contributed by atoms with E-state index in [0.717, 1.165) is 0 Å². The van der Waals surface area contributed by atoms with Crippen LogP contribution in [0.1, 0.15) is 20.3 Å². The molecule has 0 bridgehead atoms. The fourth-order valence-corrected chi connectivity index (χ4v) is 1.60. The summed E-state index contributed by atoms with van der Waals surface area (Å²) in [5, 5.41) is 2.61. The summed E-state index contributed by atoms with van der Waals surface area (Å²) in [4.78, 5) is 24.4. The van der Waals surface area contributed by atoms with Gasteiger partial charge in [0.1, 0.15) is 6.04 Å². The van der Waals surface area contributed by atoms with Gasteiger partial charge in [0.15, 0.2) is 0 Å². The molecule has 0 aliphatic carbocycles. The number of hydrogen-bond acceptors (Lipinski definition) is 3. The zero-order valence-electron chi connectivity index (χ0n) is 8.62. The van der Waals surface area contributed by atoms with Crippen molar-refractivity contribution in [3.8, 4) is 0 Å². The molecule has 0 spiro atoms. The molecule has 0 aromatic heterocycles. The van der Waals surface area contributed by atoms with Crippen LogP contribution in [0.3, 0.4) is 0 Å². The molecule has 0 aromatic rings. The van der Waals surface area contributed by atoms with Crippen LogP contribution in [0.4, 0.5) is 0 Å². The molecule has 0 saturated carbocycles. The molecule has 1 heterocycles. The second-order valence-corrected chi connectivity index (χ2v) is 3.74. The quantitative estimate of drug-likeness (QED) is 0.616. The second kappa shape index (κ2) is 4.41. The molecule has 1 unspecified atom stereocenters. The largest absolute Gasteiger partial charge is 0.343 e. The van der Waals surface area contributed by atoms with Gasteiger partial charge in [0.2, 0.25) is 11.8 Å². The molecule has 1 aliphatic rings. The van der Waals surface area contributed by atoms with E-state index in [2.05, 4.69) is 5.32 Å². The van der Waals surface area contributed by atoms with Crippen LogP contribution in [-0.2, 0) is 9.59 Å². The van der Waals surface area contributed by atoms with Crippen LogP contribution in [0, 0.1) is 0 Å². The first kappa shape index (κ1) is 11.0. The van der Waals surface area contributed by atoms with Crippen molar-refractivity contribution in [2.75, 3.05) is 13.1 Å². The summed E-state index contributed by atoms with van der Waals surface area (Å²) in [5.41, 5.74) is 5.15. The number of carbonyl (C=O) groups is 2. The third-order valence-corrected chi connectivity index (χ3v) is 2.38. The van der Waals surface area contributed by atoms with Gasteiger partial charge >= 0.3 is 0 Å². The molecule has 1 fully saturated rings. The lowest BCUT2D eigenvalue weighted by Gasteiger charge is -2.20. The molecule has 1 rings (SSSR count). The van der Waals surface area contributed by atoms with E-state index in [0.29, 0.717) is 13.0 Å². The van der Waals surface area contributed by atoms with E-state index < -0.39 is 0 Å². The summed E-state index contributed by atoms with van der Waals surface area (Å²) < 4.78 is 0. The van der Waals surface area contributed by atoms with E-state index in [1.165, 1.54) is 0 Å². The summed E-state index contributed by atoms with van der Waals surface area (Å²) in [7, 11) is 0. The van der Waals surface area contributed by atoms with Crippen molar-refractivity contribution in [1.82, 2.24) is 10.2 Å². The predicted octanol–water partition coefficient (Wildman–Crippen LogP) is -0.929. The molecule has 5 nitrogen and oxygen atoms in total. The molecule has 1 atom stereocenters. The first-order valence-corrected chi connectivity index (χ1v) is 4.86. The summed E-state index contributed by atoms with van der Waals surface area (Å²) in [6.45, 7) is 4.58. The Hall–Kier alpha value is -1.10. The van der Waals surface area contributed by atoms with Crippen molar-refractivity contribution >= 4 is 11.8 Å². The topological polar surface area (TPSA) is 75.4 Å². The molecule has 2 amide bonds. The molecule has 80 valence electrons. The summed E-state index contributed by atoms with van der Waals surface area (Å²) in [5.74, 6) is -0.268. The Morgan fingerprint density at radius 3 is 2.79 bits per heavy atom. The minimum atomic E-state index is -0.367. The zero-order chi connectivity index (χ0) is 10.7. The highest BCUT2D eigenvalue weighted by Crippen LogP contribution is 2.13. The van der Waals surface area contributed by atoms with Gasteiger partial charge in [-0.05, 0) is 20.3 Å².